The molecule has 1 fully saturated rings. The number of carbonyl (C=O) groups excluding carboxylic acids is 1. The number of nitrogens with one attached hydrogen (secondary N) is 1. The normalized spacial score (nSPS) is 14.2. The molecule has 0 radical (unpaired) electrons. The number of hydrogen-bond donors (Lipinski definition) is 2. The lowest BCUT2D eigenvalue weighted by Crippen LogP contribution is -2.24. The van der Waals surface area contributed by atoms with Crippen molar-refractivity contribution in [2.45, 2.75) is 45.3 Å². The fraction of sp³-hybridized carbons (Fsp3) is 0.381. The lowest BCUT2D eigenvalue weighted by atomic mass is 10.1. The van der Waals surface area contributed by atoms with Gasteiger partial charge in [-0.1, -0.05) is 18.2 Å². The predicted octanol–water partition coefficient (Wildman–Crippen LogP) is 3.84. The minimum Gasteiger partial charge on any atom is -0.493 e. The van der Waals surface area contributed by atoms with Crippen LogP contribution in [0.3, 0.4) is 0 Å². The molecule has 3 rings (SSSR count). The van der Waals surface area contributed by atoms with Crippen molar-refractivity contribution in [1.29, 1.82) is 0 Å². The second kappa shape index (κ2) is 8.13. The minimum absolute atomic E-state index is 0.149. The molecule has 3 N–H and O–H groups in total. The highest BCUT2D eigenvalue weighted by Gasteiger charge is 2.21. The first-order valence-corrected chi connectivity index (χ1v) is 9.05. The predicted molar refractivity (Wildman–Crippen MR) is 103 cm³/mol. The Morgan fingerprint density at radius 2 is 2.00 bits per heavy atom. The van der Waals surface area contributed by atoms with E-state index >= 15 is 0 Å². The van der Waals surface area contributed by atoms with Crippen LogP contribution in [-0.2, 0) is 6.54 Å². The maximum absolute atomic E-state index is 12.6. The average Bonchev–Trinajstić information content (AvgIpc) is 3.15. The quantitative estimate of drug-likeness (QED) is 0.773. The van der Waals surface area contributed by atoms with E-state index in [4.69, 9.17) is 15.2 Å². The van der Waals surface area contributed by atoms with E-state index in [1.54, 1.807) is 19.2 Å². The van der Waals surface area contributed by atoms with Crippen molar-refractivity contribution < 1.29 is 14.3 Å². The van der Waals surface area contributed by atoms with Gasteiger partial charge in [0.05, 0.1) is 13.2 Å². The molecule has 138 valence electrons. The Balaban J connectivity index is 1.76. The molecule has 2 aromatic carbocycles. The van der Waals surface area contributed by atoms with Crippen LogP contribution in [0.15, 0.2) is 36.4 Å². The zero-order chi connectivity index (χ0) is 18.5. The van der Waals surface area contributed by atoms with Crippen LogP contribution in [0.25, 0.3) is 0 Å². The van der Waals surface area contributed by atoms with Gasteiger partial charge in [-0.15, -0.1) is 0 Å². The minimum atomic E-state index is -0.149. The van der Waals surface area contributed by atoms with E-state index in [0.717, 1.165) is 29.7 Å². The van der Waals surface area contributed by atoms with Crippen LogP contribution >= 0.6 is 0 Å². The van der Waals surface area contributed by atoms with Gasteiger partial charge in [-0.25, -0.2) is 0 Å². The van der Waals surface area contributed by atoms with E-state index in [9.17, 15) is 4.79 Å². The topological polar surface area (TPSA) is 73.6 Å². The van der Waals surface area contributed by atoms with Gasteiger partial charge in [0.1, 0.15) is 0 Å². The third-order valence-electron chi connectivity index (χ3n) is 4.81. The van der Waals surface area contributed by atoms with Crippen LogP contribution < -0.4 is 20.5 Å². The number of hydrogen-bond acceptors (Lipinski definition) is 4. The highest BCUT2D eigenvalue weighted by Crippen LogP contribution is 2.34. The number of nitrogens with two attached hydrogens (primary N) is 1. The summed E-state index contributed by atoms with van der Waals surface area (Å²) in [6.45, 7) is 2.26. The molecule has 0 unspecified atom stereocenters. The summed E-state index contributed by atoms with van der Waals surface area (Å²) in [6.07, 6.45) is 4.73. The second-order valence-electron chi connectivity index (χ2n) is 6.73. The average molecular weight is 354 g/mol. The Morgan fingerprint density at radius 3 is 2.73 bits per heavy atom. The van der Waals surface area contributed by atoms with Crippen LogP contribution in [-0.4, -0.2) is 19.1 Å². The summed E-state index contributed by atoms with van der Waals surface area (Å²) in [7, 11) is 1.63. The standard InChI is InChI=1S/C21H26N2O3/c1-14-10-11-16(22)12-18(14)21(24)23-13-15-6-5-9-19(25-2)20(15)26-17-7-3-4-8-17/h5-6,9-12,17H,3-4,7-8,13,22H2,1-2H3,(H,23,24). The summed E-state index contributed by atoms with van der Waals surface area (Å²) in [5, 5.41) is 2.97. The van der Waals surface area contributed by atoms with Gasteiger partial charge in [-0.3, -0.25) is 4.79 Å². The first-order valence-electron chi connectivity index (χ1n) is 9.05. The Morgan fingerprint density at radius 1 is 1.23 bits per heavy atom. The van der Waals surface area contributed by atoms with Gasteiger partial charge < -0.3 is 20.5 Å². The van der Waals surface area contributed by atoms with Crippen LogP contribution in [0.1, 0.15) is 47.2 Å². The Hall–Kier alpha value is -2.69. The molecule has 0 spiro atoms. The van der Waals surface area contributed by atoms with E-state index in [1.165, 1.54) is 12.8 Å². The maximum Gasteiger partial charge on any atom is 0.251 e. The smallest absolute Gasteiger partial charge is 0.251 e. The van der Waals surface area contributed by atoms with E-state index < -0.39 is 0 Å². The van der Waals surface area contributed by atoms with Gasteiger partial charge in [0.15, 0.2) is 11.5 Å². The molecule has 5 nitrogen and oxygen atoms in total. The van der Waals surface area contributed by atoms with E-state index in [1.807, 2.05) is 31.2 Å². The number of ether oxygens (including phenoxy) is 2. The molecule has 26 heavy (non-hydrogen) atoms. The number of para-hydroxylation sites is 1. The number of nitrogen functional groups attached to an aromatic ring is 1. The number of benzene rings is 2. The van der Waals surface area contributed by atoms with Gasteiger partial charge in [-0.05, 0) is 56.4 Å². The molecule has 0 saturated heterocycles. The van der Waals surface area contributed by atoms with Crippen molar-refractivity contribution in [2.24, 2.45) is 0 Å². The molecule has 0 heterocycles. The largest absolute Gasteiger partial charge is 0.493 e. The van der Waals surface area contributed by atoms with E-state index in [0.29, 0.717) is 23.5 Å². The first kappa shape index (κ1) is 18.1. The van der Waals surface area contributed by atoms with Crippen molar-refractivity contribution in [1.82, 2.24) is 5.32 Å². The number of aryl methyl sites for hydroxylation is 1. The number of anilines is 1. The number of amides is 1. The van der Waals surface area contributed by atoms with Gasteiger partial charge in [0.2, 0.25) is 0 Å². The van der Waals surface area contributed by atoms with Crippen LogP contribution in [0, 0.1) is 6.92 Å². The lowest BCUT2D eigenvalue weighted by molar-refractivity contribution is 0.0949. The van der Waals surface area contributed by atoms with Crippen molar-refractivity contribution in [3.8, 4) is 11.5 Å². The molecule has 1 aliphatic carbocycles. The monoisotopic (exact) mass is 354 g/mol. The van der Waals surface area contributed by atoms with Crippen molar-refractivity contribution in [2.75, 3.05) is 12.8 Å². The highest BCUT2D eigenvalue weighted by molar-refractivity contribution is 5.96. The maximum atomic E-state index is 12.6. The van der Waals surface area contributed by atoms with Gasteiger partial charge in [0, 0.05) is 23.4 Å². The molecule has 0 aliphatic heterocycles. The lowest BCUT2D eigenvalue weighted by Gasteiger charge is -2.19. The third kappa shape index (κ3) is 4.10. The van der Waals surface area contributed by atoms with Crippen molar-refractivity contribution in [3.05, 3.63) is 53.1 Å². The number of carbonyl (C=O) groups is 1. The molecular weight excluding hydrogens is 328 g/mol. The molecule has 0 aromatic heterocycles. The summed E-state index contributed by atoms with van der Waals surface area (Å²) in [5.41, 5.74) is 8.78. The summed E-state index contributed by atoms with van der Waals surface area (Å²) in [6, 6.07) is 11.1. The summed E-state index contributed by atoms with van der Waals surface area (Å²) in [5.74, 6) is 1.28. The fourth-order valence-electron chi connectivity index (χ4n) is 3.32. The zero-order valence-corrected chi connectivity index (χ0v) is 15.4. The molecule has 2 aromatic rings. The molecule has 1 saturated carbocycles. The van der Waals surface area contributed by atoms with E-state index in [-0.39, 0.29) is 12.0 Å². The Bertz CT molecular complexity index is 783. The third-order valence-corrected chi connectivity index (χ3v) is 4.81. The molecule has 0 atom stereocenters. The van der Waals surface area contributed by atoms with Gasteiger partial charge in [0.25, 0.3) is 5.91 Å². The fourth-order valence-corrected chi connectivity index (χ4v) is 3.32. The van der Waals surface area contributed by atoms with Gasteiger partial charge in [-0.2, -0.15) is 0 Å². The summed E-state index contributed by atoms with van der Waals surface area (Å²) in [4.78, 5) is 12.6. The highest BCUT2D eigenvalue weighted by atomic mass is 16.5. The van der Waals surface area contributed by atoms with E-state index in [2.05, 4.69) is 5.32 Å². The molecule has 5 heteroatoms. The van der Waals surface area contributed by atoms with Crippen LogP contribution in [0.2, 0.25) is 0 Å². The van der Waals surface area contributed by atoms with Crippen molar-refractivity contribution in [3.63, 3.8) is 0 Å². The Kier molecular flexibility index (Phi) is 5.66. The van der Waals surface area contributed by atoms with Gasteiger partial charge >= 0.3 is 0 Å². The zero-order valence-electron chi connectivity index (χ0n) is 15.4. The summed E-state index contributed by atoms with van der Waals surface area (Å²) < 4.78 is 11.7. The van der Waals surface area contributed by atoms with Crippen LogP contribution in [0.4, 0.5) is 5.69 Å². The second-order valence-corrected chi connectivity index (χ2v) is 6.73. The first-order chi connectivity index (χ1) is 12.6. The SMILES string of the molecule is COc1cccc(CNC(=O)c2cc(N)ccc2C)c1OC1CCCC1. The van der Waals surface area contributed by atoms with Crippen molar-refractivity contribution >= 4 is 11.6 Å². The number of rotatable bonds is 6. The molecule has 1 aliphatic rings. The molecule has 1 amide bonds. The summed E-state index contributed by atoms with van der Waals surface area (Å²) >= 11 is 0. The van der Waals surface area contributed by atoms with Crippen LogP contribution in [0.5, 0.6) is 11.5 Å². The molecular formula is C21H26N2O3. The number of methoxy groups -OCH3 is 1. The Labute approximate surface area is 154 Å². The molecule has 0 bridgehead atoms.